The summed E-state index contributed by atoms with van der Waals surface area (Å²) in [4.78, 5) is 14.3. The van der Waals surface area contributed by atoms with Crippen molar-refractivity contribution in [2.45, 2.75) is 63.8 Å². The van der Waals surface area contributed by atoms with Crippen molar-refractivity contribution in [1.82, 2.24) is 14.4 Å². The number of carbonyl (C=O) groups excluding carboxylic acids is 1. The summed E-state index contributed by atoms with van der Waals surface area (Å²) in [6, 6.07) is 5.90. The molecule has 0 atom stereocenters. The highest BCUT2D eigenvalue weighted by atomic mass is 32.2. The van der Waals surface area contributed by atoms with Crippen LogP contribution in [0.15, 0.2) is 27.6 Å². The summed E-state index contributed by atoms with van der Waals surface area (Å²) < 4.78 is 34.0. The number of benzene rings is 1. The summed E-state index contributed by atoms with van der Waals surface area (Å²) in [6.07, 6.45) is 6.32. The van der Waals surface area contributed by atoms with Crippen LogP contribution in [0.5, 0.6) is 0 Å². The van der Waals surface area contributed by atoms with Crippen LogP contribution < -0.4 is 5.32 Å². The lowest BCUT2D eigenvalue weighted by Crippen LogP contribution is -2.52. The molecule has 8 nitrogen and oxygen atoms in total. The molecule has 32 heavy (non-hydrogen) atoms. The molecule has 0 spiro atoms. The van der Waals surface area contributed by atoms with Crippen molar-refractivity contribution in [1.29, 1.82) is 0 Å². The topological polar surface area (TPSA) is 95.8 Å². The van der Waals surface area contributed by atoms with Crippen LogP contribution in [0.1, 0.15) is 50.3 Å². The first-order chi connectivity index (χ1) is 15.3. The highest BCUT2D eigenvalue weighted by Crippen LogP contribution is 2.34. The third kappa shape index (κ3) is 4.60. The van der Waals surface area contributed by atoms with Crippen LogP contribution in [0.3, 0.4) is 0 Å². The van der Waals surface area contributed by atoms with Gasteiger partial charge in [-0.2, -0.15) is 4.31 Å². The van der Waals surface area contributed by atoms with Gasteiger partial charge in [0.15, 0.2) is 0 Å². The molecule has 2 aliphatic rings. The van der Waals surface area contributed by atoms with Crippen LogP contribution in [0.25, 0.3) is 11.1 Å². The molecule has 0 bridgehead atoms. The predicted molar refractivity (Wildman–Crippen MR) is 123 cm³/mol. The molecule has 2 fully saturated rings. The molecule has 0 unspecified atom stereocenters. The van der Waals surface area contributed by atoms with Crippen molar-refractivity contribution in [2.24, 2.45) is 0 Å². The van der Waals surface area contributed by atoms with Gasteiger partial charge in [0.2, 0.25) is 21.8 Å². The Bertz CT molecular complexity index is 1080. The van der Waals surface area contributed by atoms with E-state index in [1.807, 2.05) is 13.0 Å². The van der Waals surface area contributed by atoms with E-state index in [1.54, 1.807) is 23.4 Å². The number of hydrogen-bond acceptors (Lipinski definition) is 6. The average Bonchev–Trinajstić information content (AvgIpc) is 3.14. The fourth-order valence-electron chi connectivity index (χ4n) is 4.88. The van der Waals surface area contributed by atoms with E-state index in [4.69, 9.17) is 4.52 Å². The summed E-state index contributed by atoms with van der Waals surface area (Å²) in [5.41, 5.74) is 2.52. The largest absolute Gasteiger partial charge is 0.337 e. The summed E-state index contributed by atoms with van der Waals surface area (Å²) in [6.45, 7) is 7.53. The molecule has 0 radical (unpaired) electrons. The molecule has 4 rings (SSSR count). The molecule has 2 aromatic rings. The Kier molecular flexibility index (Phi) is 6.69. The first-order valence-electron chi connectivity index (χ1n) is 11.4. The number of nitrogens with one attached hydrogen (secondary N) is 1. The van der Waals surface area contributed by atoms with Gasteiger partial charge in [-0.25, -0.2) is 8.42 Å². The third-order valence-electron chi connectivity index (χ3n) is 6.61. The minimum atomic E-state index is -3.64. The number of nitrogens with zero attached hydrogens (tertiary/aromatic N) is 3. The first-order valence-corrected chi connectivity index (χ1v) is 12.8. The van der Waals surface area contributed by atoms with Crippen molar-refractivity contribution in [3.8, 4) is 11.1 Å². The molecule has 1 aliphatic heterocycles. The lowest BCUT2D eigenvalue weighted by molar-refractivity contribution is -0.114. The van der Waals surface area contributed by atoms with Crippen molar-refractivity contribution in [3.63, 3.8) is 0 Å². The van der Waals surface area contributed by atoms with Gasteiger partial charge in [-0.15, -0.1) is 0 Å². The molecule has 9 heteroatoms. The van der Waals surface area contributed by atoms with Gasteiger partial charge >= 0.3 is 0 Å². The highest BCUT2D eigenvalue weighted by molar-refractivity contribution is 7.89. The Hall–Kier alpha value is -2.23. The zero-order valence-electron chi connectivity index (χ0n) is 19.1. The maximum atomic E-state index is 13.6. The van der Waals surface area contributed by atoms with E-state index in [2.05, 4.69) is 15.4 Å². The van der Waals surface area contributed by atoms with Gasteiger partial charge in [0, 0.05) is 39.1 Å². The lowest BCUT2D eigenvalue weighted by Gasteiger charge is -2.40. The van der Waals surface area contributed by atoms with Gasteiger partial charge < -0.3 is 4.52 Å². The lowest BCUT2D eigenvalue weighted by atomic mass is 9.94. The van der Waals surface area contributed by atoms with Gasteiger partial charge in [0.1, 0.15) is 0 Å². The van der Waals surface area contributed by atoms with E-state index >= 15 is 0 Å². The molecule has 1 aromatic heterocycles. The van der Waals surface area contributed by atoms with Crippen LogP contribution in [-0.4, -0.2) is 60.9 Å². The fraction of sp³-hybridized carbons (Fsp3) is 0.565. The van der Waals surface area contributed by atoms with Crippen LogP contribution in [-0.2, 0) is 14.8 Å². The third-order valence-corrected chi connectivity index (χ3v) is 8.65. The van der Waals surface area contributed by atoms with E-state index in [-0.39, 0.29) is 16.7 Å². The summed E-state index contributed by atoms with van der Waals surface area (Å²) in [5.74, 6) is -0.0542. The Morgan fingerprint density at radius 2 is 1.78 bits per heavy atom. The number of amides is 1. The Balaban J connectivity index is 1.57. The second kappa shape index (κ2) is 9.33. The number of rotatable bonds is 5. The van der Waals surface area contributed by atoms with Gasteiger partial charge in [-0.3, -0.25) is 15.0 Å². The first kappa shape index (κ1) is 22.9. The molecular weight excluding hydrogens is 428 g/mol. The number of aromatic nitrogens is 1. The zero-order valence-corrected chi connectivity index (χ0v) is 19.9. The summed E-state index contributed by atoms with van der Waals surface area (Å²) in [7, 11) is -3.64. The molecular formula is C23H32N4O4S. The second-order valence-corrected chi connectivity index (χ2v) is 10.8. The van der Waals surface area contributed by atoms with E-state index < -0.39 is 10.0 Å². The van der Waals surface area contributed by atoms with Crippen molar-refractivity contribution in [3.05, 3.63) is 29.5 Å². The summed E-state index contributed by atoms with van der Waals surface area (Å²) >= 11 is 0. The number of anilines is 1. The fourth-order valence-corrected chi connectivity index (χ4v) is 6.56. The maximum Gasteiger partial charge on any atom is 0.243 e. The van der Waals surface area contributed by atoms with Crippen LogP contribution >= 0.6 is 0 Å². The Labute approximate surface area is 190 Å². The Morgan fingerprint density at radius 1 is 1.09 bits per heavy atom. The SMILES string of the molecule is CC(=O)Nc1onc(C)c1-c1ccc(C)c(S(=O)(=O)N2CCN(C3CCCCC3)CC2)c1. The van der Waals surface area contributed by atoms with E-state index in [0.717, 1.165) is 13.1 Å². The van der Waals surface area contributed by atoms with Gasteiger partial charge in [-0.05, 0) is 43.9 Å². The molecule has 1 aromatic carbocycles. The van der Waals surface area contributed by atoms with Crippen molar-refractivity contribution >= 4 is 21.8 Å². The van der Waals surface area contributed by atoms with Crippen LogP contribution in [0, 0.1) is 13.8 Å². The second-order valence-electron chi connectivity index (χ2n) is 8.87. The van der Waals surface area contributed by atoms with Gasteiger partial charge in [0.25, 0.3) is 0 Å². The molecule has 174 valence electrons. The van der Waals surface area contributed by atoms with Crippen molar-refractivity contribution in [2.75, 3.05) is 31.5 Å². The zero-order chi connectivity index (χ0) is 22.9. The number of carbonyl (C=O) groups is 1. The highest BCUT2D eigenvalue weighted by Gasteiger charge is 2.32. The van der Waals surface area contributed by atoms with E-state index in [0.29, 0.717) is 41.5 Å². The maximum absolute atomic E-state index is 13.6. The average molecular weight is 461 g/mol. The predicted octanol–water partition coefficient (Wildman–Crippen LogP) is 3.56. The van der Waals surface area contributed by atoms with Crippen LogP contribution in [0.4, 0.5) is 5.88 Å². The van der Waals surface area contributed by atoms with Crippen molar-refractivity contribution < 1.29 is 17.7 Å². The molecule has 2 heterocycles. The number of hydrogen-bond donors (Lipinski definition) is 1. The summed E-state index contributed by atoms with van der Waals surface area (Å²) in [5, 5.41) is 6.58. The molecule has 1 saturated carbocycles. The van der Waals surface area contributed by atoms with E-state index in [9.17, 15) is 13.2 Å². The molecule has 1 saturated heterocycles. The molecule has 1 aliphatic carbocycles. The van der Waals surface area contributed by atoms with E-state index in [1.165, 1.54) is 39.0 Å². The molecule has 1 N–H and O–H groups in total. The normalized spacial score (nSPS) is 19.2. The minimum Gasteiger partial charge on any atom is -0.337 e. The quantitative estimate of drug-likeness (QED) is 0.733. The smallest absolute Gasteiger partial charge is 0.243 e. The Morgan fingerprint density at radius 3 is 2.44 bits per heavy atom. The van der Waals surface area contributed by atoms with Crippen LogP contribution in [0.2, 0.25) is 0 Å². The number of sulfonamides is 1. The standard InChI is InChI=1S/C23H32N4O4S/c1-16-9-10-19(22-17(2)25-31-23(22)24-18(3)28)15-21(16)32(29,30)27-13-11-26(12-14-27)20-7-5-4-6-8-20/h9-10,15,20H,4-8,11-14H2,1-3H3,(H,24,28). The number of piperazine rings is 1. The van der Waals surface area contributed by atoms with Gasteiger partial charge in [-0.1, -0.05) is 36.6 Å². The monoisotopic (exact) mass is 460 g/mol. The molecule has 1 amide bonds. The van der Waals surface area contributed by atoms with Gasteiger partial charge in [0.05, 0.1) is 16.2 Å². The minimum absolute atomic E-state index is 0.225. The number of aryl methyl sites for hydroxylation is 2.